The summed E-state index contributed by atoms with van der Waals surface area (Å²) in [6.07, 6.45) is 14.2. The van der Waals surface area contributed by atoms with E-state index in [1.807, 2.05) is 74.9 Å². The number of hydrogen-bond acceptors (Lipinski definition) is 12. The third-order valence-electron chi connectivity index (χ3n) is 12.5. The van der Waals surface area contributed by atoms with Crippen molar-refractivity contribution in [2.75, 3.05) is 43.9 Å². The van der Waals surface area contributed by atoms with Crippen molar-refractivity contribution in [3.05, 3.63) is 95.6 Å². The highest BCUT2D eigenvalue weighted by Crippen LogP contribution is 2.40. The Kier molecular flexibility index (Phi) is 13.5. The molecule has 3 aromatic rings. The number of fused-ring (bicyclic) bond motifs is 2. The Morgan fingerprint density at radius 2 is 1.70 bits per heavy atom. The van der Waals surface area contributed by atoms with E-state index in [-0.39, 0.29) is 42.4 Å². The number of nitrogens with one attached hydrogen (secondary N) is 2. The molecule has 14 heteroatoms. The Labute approximate surface area is 353 Å². The standard InChI is InChI=1S/C46H61N9O5/c1-53(2)24-6-5-12-39(52-45(58)46(30-56)21-8-22-46)44(57)51-32-16-14-31(15-17-32)29-59-41-13-4-3-11-37(41)38(47)26-40(43(48)49)54-27-34-18-19-35(28-54)55(34)33-20-23-50-42(25-33)60-36-9-7-10-36/h3-4,11,13-17,20,23,25-26,30,34-36,39H,5-10,12,18-19,21-22,24,27-29,47-49H2,1-2H3,(H,51,57)(H,52,58)/b38-26-. The fourth-order valence-corrected chi connectivity index (χ4v) is 8.60. The third-order valence-corrected chi connectivity index (χ3v) is 12.5. The van der Waals surface area contributed by atoms with Gasteiger partial charge >= 0.3 is 0 Å². The molecule has 0 spiro atoms. The molecule has 2 saturated heterocycles. The SMILES string of the molecule is CN(C)CCCCC(NC(=O)C1(C=O)CCC1)C(=O)Nc1ccc(COc2ccccc2/C(N)=C/C(=C(N)N)N2CC3CCC(C2)N3c2ccnc(OC3CCC3)c2)cc1. The minimum Gasteiger partial charge on any atom is -0.488 e. The molecule has 2 aliphatic heterocycles. The molecule has 4 aliphatic rings. The molecule has 3 unspecified atom stereocenters. The molecule has 8 N–H and O–H groups in total. The summed E-state index contributed by atoms with van der Waals surface area (Å²) in [6.45, 7) is 2.63. The fraction of sp³-hybridized carbons (Fsp3) is 0.478. The number of rotatable bonds is 19. The van der Waals surface area contributed by atoms with Gasteiger partial charge in [-0.3, -0.25) is 9.59 Å². The van der Waals surface area contributed by atoms with Crippen LogP contribution >= 0.6 is 0 Å². The molecule has 60 heavy (non-hydrogen) atoms. The van der Waals surface area contributed by atoms with E-state index >= 15 is 0 Å². The highest BCUT2D eigenvalue weighted by Gasteiger charge is 2.45. The van der Waals surface area contributed by atoms with E-state index < -0.39 is 11.5 Å². The summed E-state index contributed by atoms with van der Waals surface area (Å²) in [4.78, 5) is 49.6. The van der Waals surface area contributed by atoms with Gasteiger partial charge in [0.25, 0.3) is 0 Å². The quantitative estimate of drug-likeness (QED) is 0.0478. The number of nitrogens with two attached hydrogens (primary N) is 3. The van der Waals surface area contributed by atoms with Crippen molar-refractivity contribution in [2.45, 2.75) is 101 Å². The zero-order chi connectivity index (χ0) is 42.2. The summed E-state index contributed by atoms with van der Waals surface area (Å²) < 4.78 is 12.4. The minimum atomic E-state index is -1.02. The average molecular weight is 820 g/mol. The molecule has 0 radical (unpaired) electrons. The molecule has 2 aromatic carbocycles. The third kappa shape index (κ3) is 9.98. The summed E-state index contributed by atoms with van der Waals surface area (Å²) in [5, 5.41) is 5.84. The number of amides is 2. The van der Waals surface area contributed by atoms with Crippen LogP contribution in [-0.4, -0.2) is 90.8 Å². The second-order valence-electron chi connectivity index (χ2n) is 17.1. The number of pyridine rings is 1. The number of anilines is 2. The summed E-state index contributed by atoms with van der Waals surface area (Å²) in [5.41, 5.74) is 23.0. The maximum Gasteiger partial charge on any atom is 0.246 e. The van der Waals surface area contributed by atoms with Gasteiger partial charge in [0.05, 0.1) is 5.70 Å². The van der Waals surface area contributed by atoms with Crippen molar-refractivity contribution in [1.82, 2.24) is 20.1 Å². The number of hydrogen-bond donors (Lipinski definition) is 5. The number of allylic oxidation sites excluding steroid dienone is 1. The summed E-state index contributed by atoms with van der Waals surface area (Å²) >= 11 is 0. The van der Waals surface area contributed by atoms with E-state index in [9.17, 15) is 14.4 Å². The lowest BCUT2D eigenvalue weighted by atomic mass is 9.69. The zero-order valence-corrected chi connectivity index (χ0v) is 35.0. The van der Waals surface area contributed by atoms with E-state index in [1.54, 1.807) is 0 Å². The maximum atomic E-state index is 13.5. The van der Waals surface area contributed by atoms with Crippen LogP contribution in [0.25, 0.3) is 5.70 Å². The lowest BCUT2D eigenvalue weighted by Crippen LogP contribution is -2.53. The lowest BCUT2D eigenvalue weighted by Gasteiger charge is -2.44. The van der Waals surface area contributed by atoms with Gasteiger partial charge in [-0.2, -0.15) is 0 Å². The number of carbonyl (C=O) groups is 3. The number of aldehydes is 1. The molecule has 2 aliphatic carbocycles. The van der Waals surface area contributed by atoms with Crippen LogP contribution in [0.4, 0.5) is 11.4 Å². The zero-order valence-electron chi connectivity index (χ0n) is 35.0. The van der Waals surface area contributed by atoms with Crippen molar-refractivity contribution in [3.63, 3.8) is 0 Å². The number of aromatic nitrogens is 1. The van der Waals surface area contributed by atoms with Crippen molar-refractivity contribution >= 4 is 35.2 Å². The maximum absolute atomic E-state index is 13.5. The van der Waals surface area contributed by atoms with Crippen LogP contribution in [-0.2, 0) is 21.0 Å². The number of benzene rings is 2. The van der Waals surface area contributed by atoms with Crippen LogP contribution in [0, 0.1) is 5.41 Å². The van der Waals surface area contributed by atoms with Crippen LogP contribution in [0.2, 0.25) is 0 Å². The second-order valence-corrected chi connectivity index (χ2v) is 17.1. The van der Waals surface area contributed by atoms with E-state index in [0.29, 0.717) is 48.0 Å². The molecular formula is C46H61N9O5. The minimum absolute atomic E-state index is 0.206. The molecule has 14 nitrogen and oxygen atoms in total. The number of carbonyl (C=O) groups excluding carboxylic acids is 3. The molecule has 320 valence electrons. The van der Waals surface area contributed by atoms with E-state index in [4.69, 9.17) is 26.7 Å². The van der Waals surface area contributed by atoms with Gasteiger partial charge in [0.1, 0.15) is 42.0 Å². The normalized spacial score (nSPS) is 20.1. The Hall–Kier alpha value is -5.76. The molecule has 1 aromatic heterocycles. The van der Waals surface area contributed by atoms with Gasteiger partial charge in [-0.15, -0.1) is 0 Å². The highest BCUT2D eigenvalue weighted by molar-refractivity contribution is 6.02. The summed E-state index contributed by atoms with van der Waals surface area (Å²) in [7, 11) is 4.00. The number of unbranched alkanes of at least 4 members (excludes halogenated alkanes) is 1. The van der Waals surface area contributed by atoms with Crippen LogP contribution < -0.4 is 42.2 Å². The first-order valence-corrected chi connectivity index (χ1v) is 21.4. The van der Waals surface area contributed by atoms with Crippen molar-refractivity contribution in [1.29, 1.82) is 0 Å². The van der Waals surface area contributed by atoms with Crippen LogP contribution in [0.1, 0.15) is 81.8 Å². The van der Waals surface area contributed by atoms with Crippen molar-refractivity contribution in [3.8, 4) is 11.6 Å². The Bertz CT molecular complexity index is 2030. The first kappa shape index (κ1) is 42.4. The molecule has 7 rings (SSSR count). The van der Waals surface area contributed by atoms with Crippen LogP contribution in [0.5, 0.6) is 11.6 Å². The Morgan fingerprint density at radius 1 is 0.967 bits per heavy atom. The van der Waals surface area contributed by atoms with Crippen molar-refractivity contribution < 1.29 is 23.9 Å². The predicted molar refractivity (Wildman–Crippen MR) is 233 cm³/mol. The second kappa shape index (κ2) is 19.1. The van der Waals surface area contributed by atoms with Gasteiger partial charge in [-0.1, -0.05) is 30.7 Å². The first-order chi connectivity index (χ1) is 29.0. The van der Waals surface area contributed by atoms with Gasteiger partial charge in [-0.25, -0.2) is 4.98 Å². The monoisotopic (exact) mass is 819 g/mol. The first-order valence-electron chi connectivity index (χ1n) is 21.4. The molecular weight excluding hydrogens is 759 g/mol. The average Bonchev–Trinajstić information content (AvgIpc) is 3.47. The molecule has 2 bridgehead atoms. The smallest absolute Gasteiger partial charge is 0.246 e. The summed E-state index contributed by atoms with van der Waals surface area (Å²) in [5.74, 6) is 0.822. The Balaban J connectivity index is 0.965. The molecule has 2 saturated carbocycles. The van der Waals surface area contributed by atoms with E-state index in [1.165, 1.54) is 6.42 Å². The predicted octanol–water partition coefficient (Wildman–Crippen LogP) is 4.86. The topological polar surface area (TPSA) is 194 Å². The molecule has 2 amide bonds. The lowest BCUT2D eigenvalue weighted by molar-refractivity contribution is -0.143. The van der Waals surface area contributed by atoms with E-state index in [0.717, 1.165) is 87.7 Å². The van der Waals surface area contributed by atoms with Gasteiger partial charge in [0.2, 0.25) is 17.7 Å². The Morgan fingerprint density at radius 3 is 2.33 bits per heavy atom. The number of nitrogens with zero attached hydrogens (tertiary/aromatic N) is 4. The van der Waals surface area contributed by atoms with Gasteiger partial charge in [0, 0.05) is 60.1 Å². The van der Waals surface area contributed by atoms with E-state index in [2.05, 4.69) is 42.5 Å². The van der Waals surface area contributed by atoms with Gasteiger partial charge in [-0.05, 0) is 127 Å². The highest BCUT2D eigenvalue weighted by atomic mass is 16.5. The number of ether oxygens (including phenoxy) is 2. The number of likely N-dealkylation sites (tertiary alicyclic amines) is 1. The molecule has 3 atom stereocenters. The number of para-hydroxylation sites is 1. The molecule has 4 fully saturated rings. The molecule has 3 heterocycles. The number of piperazine rings is 1. The fourth-order valence-electron chi connectivity index (χ4n) is 8.60. The van der Waals surface area contributed by atoms with Crippen LogP contribution in [0.3, 0.4) is 0 Å². The largest absolute Gasteiger partial charge is 0.488 e. The van der Waals surface area contributed by atoms with Gasteiger partial charge < -0.3 is 56.8 Å². The van der Waals surface area contributed by atoms with Crippen LogP contribution in [0.15, 0.2) is 84.5 Å². The van der Waals surface area contributed by atoms with Gasteiger partial charge in [0.15, 0.2) is 0 Å². The van der Waals surface area contributed by atoms with Crippen molar-refractivity contribution in [2.24, 2.45) is 22.6 Å². The summed E-state index contributed by atoms with van der Waals surface area (Å²) in [6, 6.07) is 18.9.